The first kappa shape index (κ1) is 14.4. The Hall–Kier alpha value is -2.18. The summed E-state index contributed by atoms with van der Waals surface area (Å²) in [7, 11) is 0. The van der Waals surface area contributed by atoms with Crippen LogP contribution in [0.3, 0.4) is 0 Å². The van der Waals surface area contributed by atoms with Gasteiger partial charge in [-0.2, -0.15) is 4.98 Å². The van der Waals surface area contributed by atoms with Crippen LogP contribution in [0, 0.1) is 0 Å². The van der Waals surface area contributed by atoms with Crippen LogP contribution in [-0.4, -0.2) is 31.6 Å². The third-order valence-electron chi connectivity index (χ3n) is 4.53. The number of aromatic nitrogens is 4. The summed E-state index contributed by atoms with van der Waals surface area (Å²) in [5, 5.41) is 7.08. The molecule has 23 heavy (non-hydrogen) atoms. The molecule has 0 unspecified atom stereocenters. The van der Waals surface area contributed by atoms with Gasteiger partial charge in [0.25, 0.3) is 0 Å². The van der Waals surface area contributed by atoms with Crippen LogP contribution in [0.25, 0.3) is 11.5 Å². The minimum Gasteiger partial charge on any atom is -0.352 e. The molecule has 0 radical (unpaired) electrons. The lowest BCUT2D eigenvalue weighted by Gasteiger charge is -2.22. The van der Waals surface area contributed by atoms with Gasteiger partial charge in [0, 0.05) is 18.2 Å². The molecule has 2 saturated carbocycles. The van der Waals surface area contributed by atoms with E-state index in [1.165, 1.54) is 19.3 Å². The lowest BCUT2D eigenvalue weighted by Crippen LogP contribution is -2.38. The van der Waals surface area contributed by atoms with Gasteiger partial charge in [-0.15, -0.1) is 0 Å². The fraction of sp³-hybridized carbons (Fsp3) is 0.625. The van der Waals surface area contributed by atoms with E-state index in [9.17, 15) is 4.79 Å². The van der Waals surface area contributed by atoms with Crippen LogP contribution in [0.2, 0.25) is 0 Å². The van der Waals surface area contributed by atoms with Gasteiger partial charge in [0.05, 0.1) is 6.33 Å². The third kappa shape index (κ3) is 3.43. The second-order valence-corrected chi connectivity index (χ2v) is 6.56. The zero-order chi connectivity index (χ0) is 15.6. The van der Waals surface area contributed by atoms with Crippen molar-refractivity contribution < 1.29 is 9.32 Å². The van der Waals surface area contributed by atoms with Gasteiger partial charge in [-0.1, -0.05) is 24.4 Å². The van der Waals surface area contributed by atoms with Crippen molar-refractivity contribution in [3.63, 3.8) is 0 Å². The first-order valence-electron chi connectivity index (χ1n) is 8.43. The van der Waals surface area contributed by atoms with Crippen LogP contribution in [-0.2, 0) is 11.3 Å². The molecular formula is C16H21N5O2. The predicted octanol–water partition coefficient (Wildman–Crippen LogP) is 2.26. The summed E-state index contributed by atoms with van der Waals surface area (Å²) in [4.78, 5) is 20.8. The zero-order valence-corrected chi connectivity index (χ0v) is 13.1. The Morgan fingerprint density at radius 1 is 1.26 bits per heavy atom. The number of nitrogens with zero attached hydrogens (tertiary/aromatic N) is 4. The Labute approximate surface area is 134 Å². The summed E-state index contributed by atoms with van der Waals surface area (Å²) in [5.74, 6) is 1.66. The number of imidazole rings is 1. The van der Waals surface area contributed by atoms with E-state index in [2.05, 4.69) is 20.4 Å². The summed E-state index contributed by atoms with van der Waals surface area (Å²) < 4.78 is 7.01. The fourth-order valence-corrected chi connectivity index (χ4v) is 3.08. The Bertz CT molecular complexity index is 682. The van der Waals surface area contributed by atoms with E-state index >= 15 is 0 Å². The van der Waals surface area contributed by atoms with Crippen molar-refractivity contribution in [1.82, 2.24) is 25.0 Å². The zero-order valence-electron chi connectivity index (χ0n) is 13.1. The van der Waals surface area contributed by atoms with Crippen LogP contribution in [0.1, 0.15) is 56.8 Å². The Morgan fingerprint density at radius 2 is 2.09 bits per heavy atom. The van der Waals surface area contributed by atoms with Crippen molar-refractivity contribution in [2.45, 2.75) is 63.5 Å². The van der Waals surface area contributed by atoms with Gasteiger partial charge in [0.2, 0.25) is 17.6 Å². The number of rotatable bonds is 5. The van der Waals surface area contributed by atoms with Gasteiger partial charge < -0.3 is 14.4 Å². The molecule has 1 N–H and O–H groups in total. The summed E-state index contributed by atoms with van der Waals surface area (Å²) in [6.45, 7) is 0.275. The monoisotopic (exact) mass is 315 g/mol. The number of carbonyl (C=O) groups is 1. The fourth-order valence-electron chi connectivity index (χ4n) is 3.08. The molecule has 0 aromatic carbocycles. The molecule has 7 nitrogen and oxygen atoms in total. The lowest BCUT2D eigenvalue weighted by molar-refractivity contribution is -0.122. The van der Waals surface area contributed by atoms with Gasteiger partial charge in [-0.25, -0.2) is 4.98 Å². The molecule has 2 aliphatic carbocycles. The normalized spacial score (nSPS) is 19.0. The second-order valence-electron chi connectivity index (χ2n) is 6.56. The number of hydrogen-bond donors (Lipinski definition) is 1. The predicted molar refractivity (Wildman–Crippen MR) is 82.5 cm³/mol. The van der Waals surface area contributed by atoms with Crippen LogP contribution in [0.4, 0.5) is 0 Å². The van der Waals surface area contributed by atoms with Crippen LogP contribution in [0.15, 0.2) is 17.0 Å². The van der Waals surface area contributed by atoms with E-state index in [1.807, 2.05) is 0 Å². The molecule has 2 aliphatic rings. The van der Waals surface area contributed by atoms with Crippen molar-refractivity contribution >= 4 is 5.91 Å². The third-order valence-corrected chi connectivity index (χ3v) is 4.53. The van der Waals surface area contributed by atoms with Crippen molar-refractivity contribution in [1.29, 1.82) is 0 Å². The molecule has 1 amide bonds. The SMILES string of the molecule is O=C(Cn1cnc(-c2noc(C3CC3)n2)c1)NC1CCCCC1. The number of hydrogen-bond acceptors (Lipinski definition) is 5. The van der Waals surface area contributed by atoms with Crippen molar-refractivity contribution in [3.05, 3.63) is 18.4 Å². The highest BCUT2D eigenvalue weighted by molar-refractivity contribution is 5.76. The minimum absolute atomic E-state index is 0.0348. The first-order valence-corrected chi connectivity index (χ1v) is 8.43. The van der Waals surface area contributed by atoms with E-state index in [-0.39, 0.29) is 12.5 Å². The smallest absolute Gasteiger partial charge is 0.240 e. The van der Waals surface area contributed by atoms with Crippen molar-refractivity contribution in [2.75, 3.05) is 0 Å². The maximum Gasteiger partial charge on any atom is 0.240 e. The lowest BCUT2D eigenvalue weighted by atomic mass is 9.95. The molecule has 0 spiro atoms. The van der Waals surface area contributed by atoms with E-state index in [4.69, 9.17) is 4.52 Å². The Balaban J connectivity index is 1.36. The molecule has 2 aromatic rings. The average molecular weight is 315 g/mol. The molecule has 2 heterocycles. The molecule has 0 aliphatic heterocycles. The summed E-state index contributed by atoms with van der Waals surface area (Å²) in [5.41, 5.74) is 0.645. The summed E-state index contributed by atoms with van der Waals surface area (Å²) >= 11 is 0. The molecule has 0 saturated heterocycles. The minimum atomic E-state index is 0.0348. The molecule has 0 bridgehead atoms. The van der Waals surface area contributed by atoms with Gasteiger partial charge in [0.1, 0.15) is 12.2 Å². The average Bonchev–Trinajstić information content (AvgIpc) is 3.10. The number of amides is 1. The standard InChI is InChI=1S/C16H21N5O2/c22-14(18-12-4-2-1-3-5-12)9-21-8-13(17-10-21)15-19-16(23-20-15)11-6-7-11/h8,10-12H,1-7,9H2,(H,18,22). The molecule has 7 heteroatoms. The number of nitrogens with one attached hydrogen (secondary N) is 1. The highest BCUT2D eigenvalue weighted by atomic mass is 16.5. The van der Waals surface area contributed by atoms with Crippen LogP contribution in [0.5, 0.6) is 0 Å². The quantitative estimate of drug-likeness (QED) is 0.914. The van der Waals surface area contributed by atoms with Crippen molar-refractivity contribution in [3.8, 4) is 11.5 Å². The van der Waals surface area contributed by atoms with Crippen LogP contribution >= 0.6 is 0 Å². The van der Waals surface area contributed by atoms with Gasteiger partial charge in [-0.05, 0) is 25.7 Å². The molecule has 2 aromatic heterocycles. The molecule has 0 atom stereocenters. The molecule has 4 rings (SSSR count). The second kappa shape index (κ2) is 6.14. The van der Waals surface area contributed by atoms with Gasteiger partial charge in [-0.3, -0.25) is 4.79 Å². The molecule has 2 fully saturated rings. The maximum atomic E-state index is 12.1. The van der Waals surface area contributed by atoms with Gasteiger partial charge >= 0.3 is 0 Å². The Morgan fingerprint density at radius 3 is 2.87 bits per heavy atom. The van der Waals surface area contributed by atoms with Crippen molar-refractivity contribution in [2.24, 2.45) is 0 Å². The van der Waals surface area contributed by atoms with E-state index in [0.29, 0.717) is 29.4 Å². The van der Waals surface area contributed by atoms with E-state index < -0.39 is 0 Å². The largest absolute Gasteiger partial charge is 0.352 e. The van der Waals surface area contributed by atoms with E-state index in [1.54, 1.807) is 17.1 Å². The summed E-state index contributed by atoms with van der Waals surface area (Å²) in [6.07, 6.45) is 11.6. The summed E-state index contributed by atoms with van der Waals surface area (Å²) in [6, 6.07) is 0.331. The van der Waals surface area contributed by atoms with E-state index in [0.717, 1.165) is 25.7 Å². The molecular weight excluding hydrogens is 294 g/mol. The van der Waals surface area contributed by atoms with Crippen LogP contribution < -0.4 is 5.32 Å². The van der Waals surface area contributed by atoms with Gasteiger partial charge in [0.15, 0.2) is 0 Å². The maximum absolute atomic E-state index is 12.1. The highest BCUT2D eigenvalue weighted by Crippen LogP contribution is 2.39. The first-order chi connectivity index (χ1) is 11.3. The highest BCUT2D eigenvalue weighted by Gasteiger charge is 2.30. The topological polar surface area (TPSA) is 85.8 Å². The number of carbonyl (C=O) groups excluding carboxylic acids is 1. The molecule has 122 valence electrons. The Kier molecular flexibility index (Phi) is 3.85.